The Balaban J connectivity index is 1.50. The van der Waals surface area contributed by atoms with Crippen LogP contribution in [0, 0.1) is 17.2 Å². The van der Waals surface area contributed by atoms with Crippen LogP contribution in [0.5, 0.6) is 0 Å². The summed E-state index contributed by atoms with van der Waals surface area (Å²) in [5.74, 6) is 0.367. The van der Waals surface area contributed by atoms with Crippen LogP contribution >= 0.6 is 11.8 Å². The minimum atomic E-state index is -0.0122. The van der Waals surface area contributed by atoms with Crippen molar-refractivity contribution in [3.63, 3.8) is 0 Å². The van der Waals surface area contributed by atoms with Gasteiger partial charge in [-0.1, -0.05) is 12.1 Å². The van der Waals surface area contributed by atoms with Crippen LogP contribution in [-0.4, -0.2) is 34.7 Å². The van der Waals surface area contributed by atoms with E-state index >= 15 is 0 Å². The molecule has 2 aliphatic rings. The normalized spacial score (nSPS) is 19.2. The summed E-state index contributed by atoms with van der Waals surface area (Å²) < 4.78 is 1.93. The number of amides is 1. The molecule has 1 fully saturated rings. The van der Waals surface area contributed by atoms with Gasteiger partial charge in [0, 0.05) is 53.3 Å². The second-order valence-electron chi connectivity index (χ2n) is 8.51. The predicted molar refractivity (Wildman–Crippen MR) is 126 cm³/mol. The van der Waals surface area contributed by atoms with Gasteiger partial charge in [-0.25, -0.2) is 0 Å². The third-order valence-electron chi connectivity index (χ3n) is 6.54. The van der Waals surface area contributed by atoms with Gasteiger partial charge in [-0.3, -0.25) is 9.59 Å². The van der Waals surface area contributed by atoms with Crippen LogP contribution in [-0.2, 0) is 6.54 Å². The van der Waals surface area contributed by atoms with Crippen LogP contribution in [0.25, 0.3) is 11.1 Å². The number of nitriles is 1. The summed E-state index contributed by atoms with van der Waals surface area (Å²) in [6.45, 7) is 1.88. The number of fused-ring (bicyclic) bond motifs is 4. The number of carbonyl (C=O) groups is 1. The number of carbonyl (C=O) groups excluding carboxylic acids is 1. The van der Waals surface area contributed by atoms with Crippen LogP contribution in [0.15, 0.2) is 70.4 Å². The fourth-order valence-corrected chi connectivity index (χ4v) is 5.47. The van der Waals surface area contributed by atoms with Gasteiger partial charge in [0.15, 0.2) is 0 Å². The van der Waals surface area contributed by atoms with E-state index in [0.717, 1.165) is 23.2 Å². The number of aromatic nitrogens is 1. The van der Waals surface area contributed by atoms with Crippen LogP contribution in [0.1, 0.15) is 34.0 Å². The molecule has 0 saturated carbocycles. The first-order chi connectivity index (χ1) is 15.6. The van der Waals surface area contributed by atoms with Crippen molar-refractivity contribution in [2.75, 3.05) is 19.3 Å². The third kappa shape index (κ3) is 3.63. The summed E-state index contributed by atoms with van der Waals surface area (Å²) in [6.07, 6.45) is 3.04. The maximum Gasteiger partial charge on any atom is 0.253 e. The van der Waals surface area contributed by atoms with Crippen molar-refractivity contribution in [1.82, 2.24) is 9.47 Å². The molecule has 1 aromatic heterocycles. The molecule has 0 spiro atoms. The number of hydrogen-bond donors (Lipinski definition) is 0. The number of rotatable bonds is 3. The summed E-state index contributed by atoms with van der Waals surface area (Å²) in [5.41, 5.74) is 4.40. The van der Waals surface area contributed by atoms with E-state index in [1.807, 2.05) is 15.5 Å². The van der Waals surface area contributed by atoms with Gasteiger partial charge in [-0.2, -0.15) is 5.26 Å². The van der Waals surface area contributed by atoms with E-state index in [-0.39, 0.29) is 23.3 Å². The monoisotopic (exact) mass is 441 g/mol. The SMILES string of the molecule is CSc1ccc(-c2ccc(=O)n3c2C2CC(CN(C(=O)c4ccc(C#N)cc4)C2)C3)cc1. The van der Waals surface area contributed by atoms with Crippen molar-refractivity contribution in [3.05, 3.63) is 87.8 Å². The molecule has 3 aromatic rings. The molecule has 0 aliphatic carbocycles. The molecule has 2 aromatic carbocycles. The van der Waals surface area contributed by atoms with Crippen molar-refractivity contribution >= 4 is 17.7 Å². The van der Waals surface area contributed by atoms with Crippen molar-refractivity contribution in [2.24, 2.45) is 5.92 Å². The zero-order valence-corrected chi connectivity index (χ0v) is 18.6. The number of piperidine rings is 1. The fourth-order valence-electron chi connectivity index (χ4n) is 5.07. The lowest BCUT2D eigenvalue weighted by Crippen LogP contribution is -2.49. The Hall–Kier alpha value is -3.30. The van der Waals surface area contributed by atoms with Gasteiger partial charge in [-0.05, 0) is 66.6 Å². The van der Waals surface area contributed by atoms with Crippen molar-refractivity contribution < 1.29 is 4.79 Å². The van der Waals surface area contributed by atoms with Crippen molar-refractivity contribution in [3.8, 4) is 17.2 Å². The van der Waals surface area contributed by atoms with Crippen LogP contribution in [0.4, 0.5) is 0 Å². The summed E-state index contributed by atoms with van der Waals surface area (Å²) >= 11 is 1.70. The second-order valence-corrected chi connectivity index (χ2v) is 9.39. The van der Waals surface area contributed by atoms with Crippen LogP contribution in [0.3, 0.4) is 0 Å². The molecule has 5 rings (SSSR count). The van der Waals surface area contributed by atoms with Gasteiger partial charge in [-0.15, -0.1) is 11.8 Å². The Morgan fingerprint density at radius 3 is 2.44 bits per heavy atom. The number of likely N-dealkylation sites (tertiary alicyclic amines) is 1. The molecule has 3 heterocycles. The molecule has 5 nitrogen and oxygen atoms in total. The Morgan fingerprint density at radius 2 is 1.75 bits per heavy atom. The smallest absolute Gasteiger partial charge is 0.253 e. The lowest BCUT2D eigenvalue weighted by atomic mass is 9.80. The molecule has 1 amide bonds. The summed E-state index contributed by atoms with van der Waals surface area (Å²) in [7, 11) is 0. The molecule has 32 heavy (non-hydrogen) atoms. The molecule has 2 aliphatic heterocycles. The minimum Gasteiger partial charge on any atom is -0.338 e. The van der Waals surface area contributed by atoms with Gasteiger partial charge in [0.1, 0.15) is 0 Å². The van der Waals surface area contributed by atoms with E-state index in [0.29, 0.717) is 30.8 Å². The summed E-state index contributed by atoms with van der Waals surface area (Å²) in [5, 5.41) is 9.01. The summed E-state index contributed by atoms with van der Waals surface area (Å²) in [6, 6.07) is 20.9. The number of pyridine rings is 1. The number of benzene rings is 2. The van der Waals surface area contributed by atoms with E-state index in [2.05, 4.69) is 36.6 Å². The van der Waals surface area contributed by atoms with E-state index in [1.165, 1.54) is 4.90 Å². The molecular weight excluding hydrogens is 418 g/mol. The molecule has 0 N–H and O–H groups in total. The Kier molecular flexibility index (Phi) is 5.36. The highest BCUT2D eigenvalue weighted by Crippen LogP contribution is 2.40. The molecule has 6 heteroatoms. The molecule has 160 valence electrons. The van der Waals surface area contributed by atoms with Crippen LogP contribution < -0.4 is 5.56 Å². The second kappa shape index (κ2) is 8.33. The maximum atomic E-state index is 13.2. The Bertz CT molecular complexity index is 1270. The first-order valence-corrected chi connectivity index (χ1v) is 12.0. The largest absolute Gasteiger partial charge is 0.338 e. The average molecular weight is 442 g/mol. The van der Waals surface area contributed by atoms with E-state index in [9.17, 15) is 9.59 Å². The minimum absolute atomic E-state index is 0.0122. The quantitative estimate of drug-likeness (QED) is 0.566. The maximum absolute atomic E-state index is 13.2. The zero-order valence-electron chi connectivity index (χ0n) is 17.8. The van der Waals surface area contributed by atoms with E-state index in [4.69, 9.17) is 5.26 Å². The molecule has 2 atom stereocenters. The predicted octanol–water partition coefficient (Wildman–Crippen LogP) is 4.37. The van der Waals surface area contributed by atoms with E-state index < -0.39 is 0 Å². The van der Waals surface area contributed by atoms with Gasteiger partial charge in [0.05, 0.1) is 11.6 Å². The fraction of sp³-hybridized carbons (Fsp3) is 0.269. The molecular formula is C26H23N3O2S. The van der Waals surface area contributed by atoms with Crippen molar-refractivity contribution in [2.45, 2.75) is 23.8 Å². The Morgan fingerprint density at radius 1 is 1.00 bits per heavy atom. The summed E-state index contributed by atoms with van der Waals surface area (Å²) in [4.78, 5) is 29.1. The highest BCUT2D eigenvalue weighted by Gasteiger charge is 2.38. The first-order valence-electron chi connectivity index (χ1n) is 10.7. The standard InChI is InChI=1S/C26H23N3O2S/c1-32-22-8-6-19(7-9-22)23-10-11-24(30)29-15-18-12-21(25(23)29)16-28(14-18)26(31)20-4-2-17(13-27)3-5-20/h2-11,18,21H,12,14-16H2,1H3. The lowest BCUT2D eigenvalue weighted by molar-refractivity contribution is 0.0595. The molecule has 0 radical (unpaired) electrons. The average Bonchev–Trinajstić information content (AvgIpc) is 2.84. The number of hydrogen-bond acceptors (Lipinski definition) is 4. The van der Waals surface area contributed by atoms with Crippen LogP contribution in [0.2, 0.25) is 0 Å². The van der Waals surface area contributed by atoms with Gasteiger partial charge in [0.2, 0.25) is 0 Å². The zero-order chi connectivity index (χ0) is 22.2. The van der Waals surface area contributed by atoms with Gasteiger partial charge in [0.25, 0.3) is 11.5 Å². The Labute approximate surface area is 191 Å². The lowest BCUT2D eigenvalue weighted by Gasteiger charge is -2.43. The molecule has 1 saturated heterocycles. The van der Waals surface area contributed by atoms with Crippen molar-refractivity contribution in [1.29, 1.82) is 5.26 Å². The van der Waals surface area contributed by atoms with Gasteiger partial charge >= 0.3 is 0 Å². The first kappa shape index (κ1) is 20.6. The highest BCUT2D eigenvalue weighted by atomic mass is 32.2. The number of thioether (sulfide) groups is 1. The third-order valence-corrected chi connectivity index (χ3v) is 7.28. The van der Waals surface area contributed by atoms with Gasteiger partial charge < -0.3 is 9.47 Å². The molecule has 2 unspecified atom stereocenters. The number of nitrogens with zero attached hydrogens (tertiary/aromatic N) is 3. The van der Waals surface area contributed by atoms with E-state index in [1.54, 1.807) is 42.1 Å². The highest BCUT2D eigenvalue weighted by molar-refractivity contribution is 7.98. The molecule has 2 bridgehead atoms. The topological polar surface area (TPSA) is 66.1 Å².